The first kappa shape index (κ1) is 18.7. The van der Waals surface area contributed by atoms with Gasteiger partial charge in [-0.15, -0.1) is 0 Å². The number of rotatable bonds is 7. The molecule has 27 heavy (non-hydrogen) atoms. The Kier molecular flexibility index (Phi) is 5.87. The third-order valence-corrected chi connectivity index (χ3v) is 3.93. The predicted octanol–water partition coefficient (Wildman–Crippen LogP) is 2.98. The van der Waals surface area contributed by atoms with E-state index in [-0.39, 0.29) is 31.2 Å². The van der Waals surface area contributed by atoms with Crippen LogP contribution in [0.2, 0.25) is 5.02 Å². The molecule has 0 saturated heterocycles. The molecule has 1 aromatic carbocycles. The summed E-state index contributed by atoms with van der Waals surface area (Å²) in [6.07, 6.45) is 1.87. The summed E-state index contributed by atoms with van der Waals surface area (Å²) < 4.78 is 10.2. The van der Waals surface area contributed by atoms with Gasteiger partial charge in [0, 0.05) is 12.8 Å². The molecule has 9 heteroatoms. The van der Waals surface area contributed by atoms with E-state index in [4.69, 9.17) is 20.5 Å². The fraction of sp³-hybridized carbons (Fsp3) is 0.222. The highest BCUT2D eigenvalue weighted by atomic mass is 35.5. The van der Waals surface area contributed by atoms with Crippen molar-refractivity contribution in [2.45, 2.75) is 19.8 Å². The molecule has 0 aliphatic rings. The fourth-order valence-electron chi connectivity index (χ4n) is 2.27. The molecule has 3 aromatic rings. The van der Waals surface area contributed by atoms with Crippen molar-refractivity contribution in [3.63, 3.8) is 0 Å². The first-order chi connectivity index (χ1) is 13.0. The normalized spacial score (nSPS) is 10.6. The highest BCUT2D eigenvalue weighted by molar-refractivity contribution is 6.33. The lowest BCUT2D eigenvalue weighted by Crippen LogP contribution is -2.33. The van der Waals surface area contributed by atoms with Gasteiger partial charge in [-0.2, -0.15) is 4.98 Å². The summed E-state index contributed by atoms with van der Waals surface area (Å²) in [5, 5.41) is 9.41. The zero-order valence-corrected chi connectivity index (χ0v) is 15.2. The second-order valence-corrected chi connectivity index (χ2v) is 6.20. The zero-order valence-electron chi connectivity index (χ0n) is 14.5. The Morgan fingerprint density at radius 2 is 2.07 bits per heavy atom. The van der Waals surface area contributed by atoms with Gasteiger partial charge in [0.15, 0.2) is 5.76 Å². The van der Waals surface area contributed by atoms with Gasteiger partial charge in [-0.1, -0.05) is 22.8 Å². The second-order valence-electron chi connectivity index (χ2n) is 5.80. The topological polar surface area (TPSA) is 110 Å². The van der Waals surface area contributed by atoms with E-state index in [0.717, 1.165) is 5.56 Å². The summed E-state index contributed by atoms with van der Waals surface area (Å²) in [6.45, 7) is 1.74. The second kappa shape index (κ2) is 8.50. The van der Waals surface area contributed by atoms with Crippen molar-refractivity contribution in [3.05, 3.63) is 53.1 Å². The number of nitrogens with one attached hydrogen (secondary N) is 2. The summed E-state index contributed by atoms with van der Waals surface area (Å²) >= 11 is 6.06. The Balaban J connectivity index is 1.42. The van der Waals surface area contributed by atoms with Crippen molar-refractivity contribution in [1.82, 2.24) is 15.5 Å². The molecule has 0 spiro atoms. The van der Waals surface area contributed by atoms with E-state index in [2.05, 4.69) is 20.8 Å². The lowest BCUT2D eigenvalue weighted by atomic mass is 10.2. The van der Waals surface area contributed by atoms with Crippen LogP contribution in [0.15, 0.2) is 45.5 Å². The number of amides is 2. The maximum Gasteiger partial charge on any atom is 0.243 e. The molecule has 0 aliphatic heterocycles. The minimum atomic E-state index is -0.369. The number of benzene rings is 1. The van der Waals surface area contributed by atoms with Crippen LogP contribution in [0.1, 0.15) is 17.9 Å². The Morgan fingerprint density at radius 1 is 1.22 bits per heavy atom. The molecule has 140 valence electrons. The Morgan fingerprint density at radius 3 is 2.81 bits per heavy atom. The predicted molar refractivity (Wildman–Crippen MR) is 98.1 cm³/mol. The van der Waals surface area contributed by atoms with Crippen LogP contribution in [-0.4, -0.2) is 28.5 Å². The molecular formula is C18H17ClN4O4. The third kappa shape index (κ3) is 5.18. The molecule has 0 aliphatic carbocycles. The molecule has 2 amide bonds. The first-order valence-corrected chi connectivity index (χ1v) is 8.58. The summed E-state index contributed by atoms with van der Waals surface area (Å²) in [5.74, 6) is 0.447. The van der Waals surface area contributed by atoms with E-state index in [1.165, 1.54) is 6.26 Å². The van der Waals surface area contributed by atoms with Gasteiger partial charge in [0.1, 0.15) is 0 Å². The van der Waals surface area contributed by atoms with Gasteiger partial charge in [-0.3, -0.25) is 9.59 Å². The monoisotopic (exact) mass is 388 g/mol. The van der Waals surface area contributed by atoms with Crippen molar-refractivity contribution >= 4 is 29.1 Å². The van der Waals surface area contributed by atoms with Crippen molar-refractivity contribution in [2.24, 2.45) is 0 Å². The Bertz CT molecular complexity index is 937. The molecule has 2 heterocycles. The van der Waals surface area contributed by atoms with E-state index in [9.17, 15) is 9.59 Å². The van der Waals surface area contributed by atoms with Gasteiger partial charge in [-0.25, -0.2) is 0 Å². The Labute approximate surface area is 159 Å². The van der Waals surface area contributed by atoms with Crippen LogP contribution in [0.5, 0.6) is 0 Å². The van der Waals surface area contributed by atoms with Gasteiger partial charge in [0.2, 0.25) is 23.5 Å². The maximum absolute atomic E-state index is 11.9. The van der Waals surface area contributed by atoms with Crippen LogP contribution in [0, 0.1) is 6.92 Å². The van der Waals surface area contributed by atoms with Crippen molar-refractivity contribution < 1.29 is 18.5 Å². The quantitative estimate of drug-likeness (QED) is 0.643. The van der Waals surface area contributed by atoms with Crippen LogP contribution in [0.3, 0.4) is 0 Å². The molecule has 3 rings (SSSR count). The number of carbonyl (C=O) groups is 2. The molecule has 0 atom stereocenters. The van der Waals surface area contributed by atoms with Gasteiger partial charge < -0.3 is 19.6 Å². The van der Waals surface area contributed by atoms with E-state index in [0.29, 0.717) is 28.2 Å². The zero-order chi connectivity index (χ0) is 19.2. The van der Waals surface area contributed by atoms with E-state index in [1.54, 1.807) is 24.3 Å². The van der Waals surface area contributed by atoms with Crippen LogP contribution in [-0.2, 0) is 16.0 Å². The van der Waals surface area contributed by atoms with Crippen molar-refractivity contribution in [3.8, 4) is 11.6 Å². The molecule has 2 aromatic heterocycles. The summed E-state index contributed by atoms with van der Waals surface area (Å²) in [6, 6.07) is 8.72. The van der Waals surface area contributed by atoms with Crippen molar-refractivity contribution in [2.75, 3.05) is 11.9 Å². The average molecular weight is 389 g/mol. The number of aromatic nitrogens is 2. The summed E-state index contributed by atoms with van der Waals surface area (Å²) in [4.78, 5) is 28.0. The molecule has 0 bridgehead atoms. The van der Waals surface area contributed by atoms with Crippen molar-refractivity contribution in [1.29, 1.82) is 0 Å². The van der Waals surface area contributed by atoms with Crippen LogP contribution < -0.4 is 10.6 Å². The van der Waals surface area contributed by atoms with Gasteiger partial charge >= 0.3 is 0 Å². The van der Waals surface area contributed by atoms with Gasteiger partial charge in [0.05, 0.1) is 23.5 Å². The molecule has 0 fully saturated rings. The molecule has 0 unspecified atom stereocenters. The maximum atomic E-state index is 11.9. The number of aryl methyl sites for hydroxylation is 2. The number of halogens is 1. The Hall–Kier alpha value is -3.13. The highest BCUT2D eigenvalue weighted by Crippen LogP contribution is 2.22. The lowest BCUT2D eigenvalue weighted by molar-refractivity contribution is -0.124. The minimum absolute atomic E-state index is 0.109. The van der Waals surface area contributed by atoms with E-state index in [1.807, 2.05) is 13.0 Å². The van der Waals surface area contributed by atoms with E-state index < -0.39 is 0 Å². The SMILES string of the molecule is Cc1ccc(NC(=O)CNC(=O)CCc2nc(-c3ccco3)no2)c(Cl)c1. The molecule has 8 nitrogen and oxygen atoms in total. The van der Waals surface area contributed by atoms with Crippen LogP contribution in [0.25, 0.3) is 11.6 Å². The smallest absolute Gasteiger partial charge is 0.243 e. The number of furan rings is 1. The minimum Gasteiger partial charge on any atom is -0.461 e. The highest BCUT2D eigenvalue weighted by Gasteiger charge is 2.13. The van der Waals surface area contributed by atoms with Crippen LogP contribution in [0.4, 0.5) is 5.69 Å². The lowest BCUT2D eigenvalue weighted by Gasteiger charge is -2.08. The molecule has 0 radical (unpaired) electrons. The standard InChI is InChI=1S/C18H17ClN4O4/c1-11-4-5-13(12(19)9-11)21-16(25)10-20-15(24)6-7-17-22-18(23-27-17)14-3-2-8-26-14/h2-5,8-9H,6-7,10H2,1H3,(H,20,24)(H,21,25). The number of hydrogen-bond acceptors (Lipinski definition) is 6. The van der Waals surface area contributed by atoms with Gasteiger partial charge in [-0.05, 0) is 36.8 Å². The summed E-state index contributed by atoms with van der Waals surface area (Å²) in [5.41, 5.74) is 1.49. The largest absolute Gasteiger partial charge is 0.461 e. The first-order valence-electron chi connectivity index (χ1n) is 8.20. The number of anilines is 1. The number of nitrogens with zero attached hydrogens (tertiary/aromatic N) is 2. The molecular weight excluding hydrogens is 372 g/mol. The fourth-order valence-corrected chi connectivity index (χ4v) is 2.55. The average Bonchev–Trinajstić information content (AvgIpc) is 3.32. The van der Waals surface area contributed by atoms with Crippen LogP contribution >= 0.6 is 11.6 Å². The van der Waals surface area contributed by atoms with Gasteiger partial charge in [0.25, 0.3) is 0 Å². The molecule has 2 N–H and O–H groups in total. The number of carbonyl (C=O) groups excluding carboxylic acids is 2. The third-order valence-electron chi connectivity index (χ3n) is 3.62. The molecule has 0 saturated carbocycles. The summed E-state index contributed by atoms with van der Waals surface area (Å²) in [7, 11) is 0. The number of hydrogen-bond donors (Lipinski definition) is 2. The van der Waals surface area contributed by atoms with E-state index >= 15 is 0 Å².